The Labute approximate surface area is 142 Å². The first-order valence-corrected chi connectivity index (χ1v) is 8.82. The van der Waals surface area contributed by atoms with E-state index in [0.29, 0.717) is 26.2 Å². The fourth-order valence-corrected chi connectivity index (χ4v) is 3.47. The molecule has 1 fully saturated rings. The summed E-state index contributed by atoms with van der Waals surface area (Å²) in [5.74, 6) is 0.00284. The van der Waals surface area contributed by atoms with E-state index in [4.69, 9.17) is 9.47 Å². The summed E-state index contributed by atoms with van der Waals surface area (Å²) in [5.41, 5.74) is 2.17. The van der Waals surface area contributed by atoms with Crippen molar-refractivity contribution in [3.63, 3.8) is 0 Å². The van der Waals surface area contributed by atoms with Gasteiger partial charge in [0, 0.05) is 11.5 Å². The number of amides is 1. The molecule has 1 aromatic heterocycles. The van der Waals surface area contributed by atoms with Gasteiger partial charge in [0.1, 0.15) is 0 Å². The largest absolute Gasteiger partial charge is 0.379 e. The Kier molecular flexibility index (Phi) is 6.74. The van der Waals surface area contributed by atoms with E-state index in [0.717, 1.165) is 22.0 Å². The number of allylic oxidation sites excluding steroid dienone is 1. The van der Waals surface area contributed by atoms with Crippen molar-refractivity contribution < 1.29 is 14.3 Å². The first-order chi connectivity index (χ1) is 11.0. The molecule has 23 heavy (non-hydrogen) atoms. The number of carbonyl (C=O) groups is 1. The summed E-state index contributed by atoms with van der Waals surface area (Å²) in [5, 5.41) is 4.06. The van der Waals surface area contributed by atoms with Crippen molar-refractivity contribution in [3.05, 3.63) is 27.2 Å². The van der Waals surface area contributed by atoms with Crippen LogP contribution >= 0.6 is 11.3 Å². The highest BCUT2D eigenvalue weighted by Gasteiger charge is 2.28. The molecule has 5 nitrogen and oxygen atoms in total. The van der Waals surface area contributed by atoms with Gasteiger partial charge in [-0.3, -0.25) is 4.79 Å². The number of nitrogens with zero attached hydrogens (tertiary/aromatic N) is 1. The second-order valence-corrected chi connectivity index (χ2v) is 7.40. The molecule has 0 spiro atoms. The lowest BCUT2D eigenvalue weighted by Crippen LogP contribution is -2.51. The molecule has 0 saturated carbocycles. The van der Waals surface area contributed by atoms with Crippen LogP contribution in [0.2, 0.25) is 0 Å². The predicted molar refractivity (Wildman–Crippen MR) is 91.8 cm³/mol. The van der Waals surface area contributed by atoms with Gasteiger partial charge in [0.25, 0.3) is 0 Å². The van der Waals surface area contributed by atoms with Gasteiger partial charge in [-0.15, -0.1) is 11.3 Å². The molecule has 1 aliphatic rings. The van der Waals surface area contributed by atoms with Crippen LogP contribution in [-0.2, 0) is 20.7 Å². The minimum absolute atomic E-state index is 0.00284. The van der Waals surface area contributed by atoms with Gasteiger partial charge in [0.15, 0.2) is 0 Å². The molecule has 1 N–H and O–H groups in total. The molecule has 2 atom stereocenters. The van der Waals surface area contributed by atoms with E-state index >= 15 is 0 Å². The SMILES string of the molecule is CC(C)=CCO[C@H]1CCOC[C@H]1NC(=O)Cc1sc(C)nc1C. The van der Waals surface area contributed by atoms with Crippen LogP contribution in [-0.4, -0.2) is 42.9 Å². The van der Waals surface area contributed by atoms with Crippen molar-refractivity contribution in [2.24, 2.45) is 0 Å². The Balaban J connectivity index is 1.89. The first-order valence-electron chi connectivity index (χ1n) is 8.00. The van der Waals surface area contributed by atoms with Gasteiger partial charge in [0.05, 0.1) is 42.5 Å². The summed E-state index contributed by atoms with van der Waals surface area (Å²) < 4.78 is 11.4. The van der Waals surface area contributed by atoms with E-state index < -0.39 is 0 Å². The maximum absolute atomic E-state index is 12.3. The number of nitrogens with one attached hydrogen (secondary N) is 1. The smallest absolute Gasteiger partial charge is 0.225 e. The summed E-state index contributed by atoms with van der Waals surface area (Å²) in [6.45, 7) is 9.76. The van der Waals surface area contributed by atoms with E-state index in [1.54, 1.807) is 11.3 Å². The van der Waals surface area contributed by atoms with Crippen molar-refractivity contribution in [2.75, 3.05) is 19.8 Å². The molecule has 2 rings (SSSR count). The number of hydrogen-bond acceptors (Lipinski definition) is 5. The van der Waals surface area contributed by atoms with Crippen molar-refractivity contribution >= 4 is 17.2 Å². The van der Waals surface area contributed by atoms with E-state index in [1.165, 1.54) is 5.57 Å². The van der Waals surface area contributed by atoms with Gasteiger partial charge in [-0.2, -0.15) is 0 Å². The third-order valence-electron chi connectivity index (χ3n) is 3.76. The zero-order chi connectivity index (χ0) is 16.8. The zero-order valence-electron chi connectivity index (χ0n) is 14.3. The Morgan fingerprint density at radius 1 is 1.48 bits per heavy atom. The maximum Gasteiger partial charge on any atom is 0.225 e. The third-order valence-corrected chi connectivity index (χ3v) is 4.83. The summed E-state index contributed by atoms with van der Waals surface area (Å²) in [6, 6.07) is -0.0869. The van der Waals surface area contributed by atoms with Crippen molar-refractivity contribution in [3.8, 4) is 0 Å². The molecule has 0 unspecified atom stereocenters. The molecule has 2 heterocycles. The number of thiazole rings is 1. The van der Waals surface area contributed by atoms with Gasteiger partial charge in [-0.1, -0.05) is 11.6 Å². The van der Waals surface area contributed by atoms with Crippen LogP contribution < -0.4 is 5.32 Å². The molecule has 0 aromatic carbocycles. The van der Waals surface area contributed by atoms with Crippen LogP contribution in [0.5, 0.6) is 0 Å². The molecular formula is C17H26N2O3S. The number of carbonyl (C=O) groups excluding carboxylic acids is 1. The quantitative estimate of drug-likeness (QED) is 0.810. The van der Waals surface area contributed by atoms with Crippen molar-refractivity contribution in [2.45, 2.75) is 52.7 Å². The van der Waals surface area contributed by atoms with Crippen LogP contribution in [0.4, 0.5) is 0 Å². The minimum Gasteiger partial charge on any atom is -0.379 e. The van der Waals surface area contributed by atoms with E-state index in [-0.39, 0.29) is 18.1 Å². The summed E-state index contributed by atoms with van der Waals surface area (Å²) >= 11 is 1.58. The highest BCUT2D eigenvalue weighted by molar-refractivity contribution is 7.11. The number of aryl methyl sites for hydroxylation is 2. The maximum atomic E-state index is 12.3. The Morgan fingerprint density at radius 3 is 2.91 bits per heavy atom. The summed E-state index contributed by atoms with van der Waals surface area (Å²) in [6.07, 6.45) is 3.24. The lowest BCUT2D eigenvalue weighted by atomic mass is 10.1. The molecule has 6 heteroatoms. The number of aromatic nitrogens is 1. The Bertz CT molecular complexity index is 564. The van der Waals surface area contributed by atoms with E-state index in [2.05, 4.69) is 16.4 Å². The molecule has 1 aromatic rings. The predicted octanol–water partition coefficient (Wildman–Crippen LogP) is 2.56. The first kappa shape index (κ1) is 18.1. The topological polar surface area (TPSA) is 60.5 Å². The molecule has 0 aliphatic carbocycles. The van der Waals surface area contributed by atoms with Crippen LogP contribution in [0.1, 0.15) is 35.8 Å². The highest BCUT2D eigenvalue weighted by Crippen LogP contribution is 2.18. The normalized spacial score (nSPS) is 21.0. The molecule has 1 aliphatic heterocycles. The summed E-state index contributed by atoms with van der Waals surface area (Å²) in [7, 11) is 0. The van der Waals surface area contributed by atoms with Crippen molar-refractivity contribution in [1.82, 2.24) is 10.3 Å². The monoisotopic (exact) mass is 338 g/mol. The fourth-order valence-electron chi connectivity index (χ4n) is 2.53. The second-order valence-electron chi connectivity index (χ2n) is 6.11. The Morgan fingerprint density at radius 2 is 2.26 bits per heavy atom. The number of ether oxygens (including phenoxy) is 2. The standard InChI is InChI=1S/C17H26N2O3S/c1-11(2)5-8-22-15-6-7-21-10-14(15)19-17(20)9-16-12(3)18-13(4)23-16/h5,14-15H,6-10H2,1-4H3,(H,19,20)/t14-,15+/m1/s1. The lowest BCUT2D eigenvalue weighted by Gasteiger charge is -2.31. The van der Waals surface area contributed by atoms with Crippen molar-refractivity contribution in [1.29, 1.82) is 0 Å². The molecule has 0 bridgehead atoms. The Hall–Kier alpha value is -1.24. The lowest BCUT2D eigenvalue weighted by molar-refractivity contribution is -0.125. The third kappa shape index (κ3) is 5.71. The van der Waals surface area contributed by atoms with Gasteiger partial charge in [-0.25, -0.2) is 4.98 Å². The average molecular weight is 338 g/mol. The van der Waals surface area contributed by atoms with Gasteiger partial charge < -0.3 is 14.8 Å². The summed E-state index contributed by atoms with van der Waals surface area (Å²) in [4.78, 5) is 17.7. The fraction of sp³-hybridized carbons (Fsp3) is 0.647. The van der Waals surface area contributed by atoms with Gasteiger partial charge in [-0.05, 0) is 34.1 Å². The second kappa shape index (κ2) is 8.57. The highest BCUT2D eigenvalue weighted by atomic mass is 32.1. The van der Waals surface area contributed by atoms with Crippen LogP contribution in [0.15, 0.2) is 11.6 Å². The van der Waals surface area contributed by atoms with Crippen LogP contribution in [0, 0.1) is 13.8 Å². The van der Waals surface area contributed by atoms with Gasteiger partial charge >= 0.3 is 0 Å². The average Bonchev–Trinajstić information content (AvgIpc) is 2.78. The van der Waals surface area contributed by atoms with Crippen LogP contribution in [0.25, 0.3) is 0 Å². The van der Waals surface area contributed by atoms with Crippen LogP contribution in [0.3, 0.4) is 0 Å². The molecule has 1 amide bonds. The number of rotatable bonds is 6. The molecular weight excluding hydrogens is 312 g/mol. The van der Waals surface area contributed by atoms with Gasteiger partial charge in [0.2, 0.25) is 5.91 Å². The molecule has 1 saturated heterocycles. The van der Waals surface area contributed by atoms with E-state index in [1.807, 2.05) is 27.7 Å². The molecule has 0 radical (unpaired) electrons. The van der Waals surface area contributed by atoms with E-state index in [9.17, 15) is 4.79 Å². The number of hydrogen-bond donors (Lipinski definition) is 1. The zero-order valence-corrected chi connectivity index (χ0v) is 15.2. The minimum atomic E-state index is -0.0869. The molecule has 128 valence electrons.